The summed E-state index contributed by atoms with van der Waals surface area (Å²) in [5, 5.41) is 1.23. The van der Waals surface area contributed by atoms with Crippen LogP contribution in [0.1, 0.15) is 24.8 Å². The van der Waals surface area contributed by atoms with Crippen LogP contribution >= 0.6 is 11.3 Å². The Morgan fingerprint density at radius 3 is 2.53 bits per heavy atom. The highest BCUT2D eigenvalue weighted by Gasteiger charge is 2.12. The molecule has 0 aliphatic heterocycles. The summed E-state index contributed by atoms with van der Waals surface area (Å²) in [5.74, 6) is 0.498. The van der Waals surface area contributed by atoms with Gasteiger partial charge in [0.2, 0.25) is 0 Å². The lowest BCUT2D eigenvalue weighted by Crippen LogP contribution is -2.28. The molecule has 0 fully saturated rings. The fourth-order valence-electron chi connectivity index (χ4n) is 1.97. The molecule has 1 heterocycles. The molecule has 0 amide bonds. The van der Waals surface area contributed by atoms with Gasteiger partial charge in [0.15, 0.2) is 0 Å². The van der Waals surface area contributed by atoms with Crippen LogP contribution in [0.4, 0.5) is 5.69 Å². The number of benzene rings is 1. The van der Waals surface area contributed by atoms with E-state index in [4.69, 9.17) is 4.98 Å². The van der Waals surface area contributed by atoms with Gasteiger partial charge in [-0.1, -0.05) is 19.9 Å². The van der Waals surface area contributed by atoms with Crippen LogP contribution in [0.3, 0.4) is 0 Å². The van der Waals surface area contributed by atoms with Gasteiger partial charge < -0.3 is 9.80 Å². The molecule has 1 aromatic carbocycles. The molecular weight excluding hydrogens is 254 g/mol. The highest BCUT2D eigenvalue weighted by Crippen LogP contribution is 2.34. The molecule has 0 saturated heterocycles. The van der Waals surface area contributed by atoms with E-state index in [2.05, 4.69) is 63.0 Å². The minimum absolute atomic E-state index is 0.498. The predicted molar refractivity (Wildman–Crippen MR) is 85.5 cm³/mol. The third-order valence-corrected chi connectivity index (χ3v) is 4.59. The third kappa shape index (κ3) is 3.25. The molecule has 0 aliphatic rings. The van der Waals surface area contributed by atoms with E-state index in [1.165, 1.54) is 15.4 Å². The number of likely N-dealkylation sites (N-methyl/N-ethyl adjacent to an activating group) is 2. The van der Waals surface area contributed by atoms with Gasteiger partial charge >= 0.3 is 0 Å². The molecule has 104 valence electrons. The molecule has 19 heavy (non-hydrogen) atoms. The van der Waals surface area contributed by atoms with Gasteiger partial charge in [-0.05, 0) is 26.2 Å². The Balaban J connectivity index is 2.32. The summed E-state index contributed by atoms with van der Waals surface area (Å²) in [4.78, 5) is 9.27. The second kappa shape index (κ2) is 5.88. The number of anilines is 1. The van der Waals surface area contributed by atoms with Gasteiger partial charge in [0.25, 0.3) is 0 Å². The number of fused-ring (bicyclic) bond motifs is 1. The first-order valence-electron chi connectivity index (χ1n) is 6.74. The largest absolute Gasteiger partial charge is 0.372 e. The smallest absolute Gasteiger partial charge is 0.0964 e. The Bertz CT molecular complexity index is 545. The van der Waals surface area contributed by atoms with Crippen LogP contribution in [0.25, 0.3) is 10.2 Å². The van der Waals surface area contributed by atoms with Crippen LogP contribution in [-0.2, 0) is 0 Å². The normalized spacial score (nSPS) is 11.7. The molecule has 0 aliphatic carbocycles. The van der Waals surface area contributed by atoms with Gasteiger partial charge in [-0.2, -0.15) is 0 Å². The van der Waals surface area contributed by atoms with Crippen LogP contribution in [0.2, 0.25) is 0 Å². The summed E-state index contributed by atoms with van der Waals surface area (Å²) in [6.45, 7) is 6.49. The average molecular weight is 277 g/mol. The first-order chi connectivity index (χ1) is 8.99. The van der Waals surface area contributed by atoms with Gasteiger partial charge in [0, 0.05) is 26.1 Å². The molecule has 4 heteroatoms. The number of thiazole rings is 1. The first kappa shape index (κ1) is 14.3. The summed E-state index contributed by atoms with van der Waals surface area (Å²) in [7, 11) is 6.38. The topological polar surface area (TPSA) is 19.4 Å². The summed E-state index contributed by atoms with van der Waals surface area (Å²) in [5.41, 5.74) is 2.42. The SMILES string of the molecule is CC(C)c1nc2cccc(N(C)CCN(C)C)c2s1. The first-order valence-corrected chi connectivity index (χ1v) is 7.56. The maximum absolute atomic E-state index is 4.73. The lowest BCUT2D eigenvalue weighted by molar-refractivity contribution is 0.417. The van der Waals surface area contributed by atoms with Gasteiger partial charge in [-0.15, -0.1) is 11.3 Å². The van der Waals surface area contributed by atoms with Crippen molar-refractivity contribution in [3.8, 4) is 0 Å². The van der Waals surface area contributed by atoms with Crippen molar-refractivity contribution in [2.75, 3.05) is 39.1 Å². The molecule has 0 N–H and O–H groups in total. The lowest BCUT2D eigenvalue weighted by Gasteiger charge is -2.21. The van der Waals surface area contributed by atoms with Crippen molar-refractivity contribution in [1.29, 1.82) is 0 Å². The summed E-state index contributed by atoms with van der Waals surface area (Å²) >= 11 is 1.83. The van der Waals surface area contributed by atoms with Crippen molar-refractivity contribution in [1.82, 2.24) is 9.88 Å². The molecule has 0 bridgehead atoms. The fourth-order valence-corrected chi connectivity index (χ4v) is 3.11. The number of hydrogen-bond donors (Lipinski definition) is 0. The maximum Gasteiger partial charge on any atom is 0.0964 e. The highest BCUT2D eigenvalue weighted by molar-refractivity contribution is 7.19. The highest BCUT2D eigenvalue weighted by atomic mass is 32.1. The van der Waals surface area contributed by atoms with E-state index in [0.29, 0.717) is 5.92 Å². The molecule has 1 aromatic heterocycles. The Labute approximate surface area is 119 Å². The van der Waals surface area contributed by atoms with Crippen molar-refractivity contribution < 1.29 is 0 Å². The summed E-state index contributed by atoms with van der Waals surface area (Å²) in [6.07, 6.45) is 0. The average Bonchev–Trinajstić information content (AvgIpc) is 2.79. The molecule has 0 spiro atoms. The van der Waals surface area contributed by atoms with Crippen LogP contribution < -0.4 is 4.90 Å². The molecule has 2 aromatic rings. The zero-order valence-corrected chi connectivity index (χ0v) is 13.3. The zero-order chi connectivity index (χ0) is 14.0. The van der Waals surface area contributed by atoms with Gasteiger partial charge in [-0.3, -0.25) is 0 Å². The monoisotopic (exact) mass is 277 g/mol. The van der Waals surface area contributed by atoms with E-state index in [-0.39, 0.29) is 0 Å². The lowest BCUT2D eigenvalue weighted by atomic mass is 10.2. The Kier molecular flexibility index (Phi) is 4.42. The van der Waals surface area contributed by atoms with Crippen LogP contribution in [-0.4, -0.2) is 44.1 Å². The molecule has 0 radical (unpaired) electrons. The van der Waals surface area contributed by atoms with E-state index >= 15 is 0 Å². The predicted octanol–water partition coefficient (Wildman–Crippen LogP) is 3.42. The number of rotatable bonds is 5. The molecule has 0 unspecified atom stereocenters. The minimum Gasteiger partial charge on any atom is -0.372 e. The second-order valence-corrected chi connectivity index (χ2v) is 6.59. The summed E-state index contributed by atoms with van der Waals surface area (Å²) < 4.78 is 1.31. The number of hydrogen-bond acceptors (Lipinski definition) is 4. The second-order valence-electron chi connectivity index (χ2n) is 5.56. The molecule has 0 saturated carbocycles. The van der Waals surface area contributed by atoms with Crippen molar-refractivity contribution in [2.24, 2.45) is 0 Å². The third-order valence-electron chi connectivity index (χ3n) is 3.20. The van der Waals surface area contributed by atoms with E-state index in [1.54, 1.807) is 0 Å². The Morgan fingerprint density at radius 2 is 1.89 bits per heavy atom. The van der Waals surface area contributed by atoms with Crippen molar-refractivity contribution in [3.63, 3.8) is 0 Å². The maximum atomic E-state index is 4.73. The standard InChI is InChI=1S/C15H23N3S/c1-11(2)15-16-12-7-6-8-13(14(12)19-15)18(5)10-9-17(3)4/h6-8,11H,9-10H2,1-5H3. The minimum atomic E-state index is 0.498. The van der Waals surface area contributed by atoms with Crippen LogP contribution in [0.5, 0.6) is 0 Å². The quantitative estimate of drug-likeness (QED) is 0.835. The summed E-state index contributed by atoms with van der Waals surface area (Å²) in [6, 6.07) is 6.41. The zero-order valence-electron chi connectivity index (χ0n) is 12.5. The molecular formula is C15H23N3S. The van der Waals surface area contributed by atoms with Crippen LogP contribution in [0, 0.1) is 0 Å². The van der Waals surface area contributed by atoms with Crippen LogP contribution in [0.15, 0.2) is 18.2 Å². The molecule has 3 nitrogen and oxygen atoms in total. The van der Waals surface area contributed by atoms with E-state index in [0.717, 1.165) is 18.6 Å². The van der Waals surface area contributed by atoms with Gasteiger partial charge in [-0.25, -0.2) is 4.98 Å². The van der Waals surface area contributed by atoms with Crippen molar-refractivity contribution in [3.05, 3.63) is 23.2 Å². The van der Waals surface area contributed by atoms with Crippen molar-refractivity contribution >= 4 is 27.2 Å². The van der Waals surface area contributed by atoms with Gasteiger partial charge in [0.05, 0.1) is 20.9 Å². The molecule has 0 atom stereocenters. The van der Waals surface area contributed by atoms with E-state index in [1.807, 2.05) is 11.3 Å². The number of aromatic nitrogens is 1. The van der Waals surface area contributed by atoms with Gasteiger partial charge in [0.1, 0.15) is 0 Å². The van der Waals surface area contributed by atoms with E-state index in [9.17, 15) is 0 Å². The number of nitrogens with zero attached hydrogens (tertiary/aromatic N) is 3. The molecule has 2 rings (SSSR count). The van der Waals surface area contributed by atoms with E-state index < -0.39 is 0 Å². The Morgan fingerprint density at radius 1 is 1.16 bits per heavy atom. The Hall–Kier alpha value is -1.13. The van der Waals surface area contributed by atoms with Crippen molar-refractivity contribution in [2.45, 2.75) is 19.8 Å². The fraction of sp³-hybridized carbons (Fsp3) is 0.533.